The highest BCUT2D eigenvalue weighted by Crippen LogP contribution is 2.26. The van der Waals surface area contributed by atoms with Gasteiger partial charge in [0.05, 0.1) is 5.02 Å². The monoisotopic (exact) mass is 289 g/mol. The fraction of sp³-hybridized carbons (Fsp3) is 0.545. The van der Waals surface area contributed by atoms with Gasteiger partial charge >= 0.3 is 0 Å². The van der Waals surface area contributed by atoms with Gasteiger partial charge in [0.1, 0.15) is 0 Å². The van der Waals surface area contributed by atoms with E-state index in [0.29, 0.717) is 19.6 Å². The van der Waals surface area contributed by atoms with Crippen molar-refractivity contribution in [3.63, 3.8) is 0 Å². The Kier molecular flexibility index (Phi) is 4.21. The quantitative estimate of drug-likeness (QED) is 0.904. The predicted octanol–water partition coefficient (Wildman–Crippen LogP) is 1.09. The molecule has 0 bridgehead atoms. The van der Waals surface area contributed by atoms with Crippen molar-refractivity contribution >= 4 is 21.6 Å². The maximum atomic E-state index is 12.4. The molecule has 0 spiro atoms. The maximum Gasteiger partial charge on any atom is 0.262 e. The van der Waals surface area contributed by atoms with Crippen molar-refractivity contribution in [1.82, 2.24) is 9.29 Å². The zero-order valence-electron chi connectivity index (χ0n) is 9.92. The molecule has 1 fully saturated rings. The molecule has 1 aliphatic rings. The third-order valence-corrected chi connectivity index (χ3v) is 5.37. The molecule has 1 saturated heterocycles. The van der Waals surface area contributed by atoms with Gasteiger partial charge in [-0.05, 0) is 37.4 Å². The Bertz CT molecular complexity index is 521. The molecule has 1 aliphatic heterocycles. The molecule has 2 heterocycles. The lowest BCUT2D eigenvalue weighted by Crippen LogP contribution is -2.42. The molecule has 1 aromatic heterocycles. The topological polar surface area (TPSA) is 76.3 Å². The highest BCUT2D eigenvalue weighted by molar-refractivity contribution is 7.89. The van der Waals surface area contributed by atoms with Crippen LogP contribution in [0.25, 0.3) is 0 Å². The van der Waals surface area contributed by atoms with Crippen molar-refractivity contribution in [2.75, 3.05) is 19.6 Å². The van der Waals surface area contributed by atoms with Gasteiger partial charge in [-0.15, -0.1) is 0 Å². The van der Waals surface area contributed by atoms with Crippen LogP contribution in [-0.4, -0.2) is 37.3 Å². The first kappa shape index (κ1) is 13.7. The highest BCUT2D eigenvalue weighted by Gasteiger charge is 2.31. The molecule has 0 unspecified atom stereocenters. The molecule has 1 atom stereocenters. The van der Waals surface area contributed by atoms with E-state index in [4.69, 9.17) is 17.3 Å². The standard InChI is InChI=1S/C11H16ClN3O2S/c12-10-4-1-5-14-11(10)18(16,17)15-6-2-3-9(7-13)8-15/h1,4-5,9H,2-3,6-8,13H2/t9-/m1/s1. The molecule has 0 amide bonds. The molecular formula is C11H16ClN3O2S. The van der Waals surface area contributed by atoms with Crippen molar-refractivity contribution in [3.05, 3.63) is 23.4 Å². The van der Waals surface area contributed by atoms with Crippen molar-refractivity contribution in [2.24, 2.45) is 11.7 Å². The van der Waals surface area contributed by atoms with Gasteiger partial charge in [0, 0.05) is 19.3 Å². The molecule has 100 valence electrons. The first-order valence-electron chi connectivity index (χ1n) is 5.86. The zero-order chi connectivity index (χ0) is 13.2. The van der Waals surface area contributed by atoms with Gasteiger partial charge in [0.2, 0.25) is 0 Å². The fourth-order valence-corrected chi connectivity index (χ4v) is 4.06. The van der Waals surface area contributed by atoms with Crippen LogP contribution in [0.4, 0.5) is 0 Å². The average molecular weight is 290 g/mol. The Morgan fingerprint density at radius 3 is 3.00 bits per heavy atom. The average Bonchev–Trinajstić information content (AvgIpc) is 2.39. The lowest BCUT2D eigenvalue weighted by Gasteiger charge is -2.31. The minimum atomic E-state index is -3.60. The Balaban J connectivity index is 2.29. The van der Waals surface area contributed by atoms with Crippen LogP contribution < -0.4 is 5.73 Å². The summed E-state index contributed by atoms with van der Waals surface area (Å²) in [5.74, 6) is 0.219. The van der Waals surface area contributed by atoms with Crippen LogP contribution in [0.3, 0.4) is 0 Å². The number of pyridine rings is 1. The molecule has 18 heavy (non-hydrogen) atoms. The van der Waals surface area contributed by atoms with E-state index in [1.165, 1.54) is 16.6 Å². The van der Waals surface area contributed by atoms with Crippen molar-refractivity contribution in [3.8, 4) is 0 Å². The van der Waals surface area contributed by atoms with Crippen LogP contribution in [0.5, 0.6) is 0 Å². The molecule has 0 radical (unpaired) electrons. The number of rotatable bonds is 3. The molecule has 2 N–H and O–H groups in total. The van der Waals surface area contributed by atoms with Gasteiger partial charge in [-0.3, -0.25) is 0 Å². The normalized spacial score (nSPS) is 22.0. The Labute approximate surface area is 112 Å². The van der Waals surface area contributed by atoms with Gasteiger partial charge in [0.15, 0.2) is 5.03 Å². The van der Waals surface area contributed by atoms with Crippen molar-refractivity contribution < 1.29 is 8.42 Å². The summed E-state index contributed by atoms with van der Waals surface area (Å²) in [5, 5.41) is 0.0942. The van der Waals surface area contributed by atoms with Gasteiger partial charge in [0.25, 0.3) is 10.0 Å². The number of halogens is 1. The second kappa shape index (κ2) is 5.52. The largest absolute Gasteiger partial charge is 0.330 e. The summed E-state index contributed by atoms with van der Waals surface area (Å²) in [6.07, 6.45) is 3.23. The summed E-state index contributed by atoms with van der Waals surface area (Å²) in [5.41, 5.74) is 5.61. The minimum Gasteiger partial charge on any atom is -0.330 e. The lowest BCUT2D eigenvalue weighted by atomic mass is 10.0. The van der Waals surface area contributed by atoms with Gasteiger partial charge in [-0.2, -0.15) is 4.31 Å². The van der Waals surface area contributed by atoms with E-state index in [0.717, 1.165) is 12.8 Å². The minimum absolute atomic E-state index is 0.0654. The lowest BCUT2D eigenvalue weighted by molar-refractivity contribution is 0.271. The number of nitrogens with two attached hydrogens (primary N) is 1. The summed E-state index contributed by atoms with van der Waals surface area (Å²) in [6.45, 7) is 1.46. The maximum absolute atomic E-state index is 12.4. The number of aromatic nitrogens is 1. The van der Waals surface area contributed by atoms with Gasteiger partial charge < -0.3 is 5.73 Å². The Hall–Kier alpha value is -0.690. The van der Waals surface area contributed by atoms with E-state index < -0.39 is 10.0 Å². The predicted molar refractivity (Wildman–Crippen MR) is 69.8 cm³/mol. The third kappa shape index (κ3) is 2.66. The Morgan fingerprint density at radius 2 is 2.33 bits per heavy atom. The second-order valence-electron chi connectivity index (χ2n) is 4.40. The fourth-order valence-electron chi connectivity index (χ4n) is 2.12. The van der Waals surface area contributed by atoms with Crippen LogP contribution in [0.1, 0.15) is 12.8 Å². The zero-order valence-corrected chi connectivity index (χ0v) is 11.5. The summed E-state index contributed by atoms with van der Waals surface area (Å²) >= 11 is 5.91. The number of piperidine rings is 1. The Morgan fingerprint density at radius 1 is 1.56 bits per heavy atom. The number of sulfonamides is 1. The van der Waals surface area contributed by atoms with E-state index >= 15 is 0 Å². The van der Waals surface area contributed by atoms with Gasteiger partial charge in [-0.25, -0.2) is 13.4 Å². The summed E-state index contributed by atoms with van der Waals surface area (Å²) in [6, 6.07) is 3.14. The van der Waals surface area contributed by atoms with Crippen LogP contribution in [0.2, 0.25) is 5.02 Å². The molecule has 2 rings (SSSR count). The smallest absolute Gasteiger partial charge is 0.262 e. The van der Waals surface area contributed by atoms with Crippen LogP contribution >= 0.6 is 11.6 Å². The molecule has 7 heteroatoms. The van der Waals surface area contributed by atoms with E-state index in [2.05, 4.69) is 4.98 Å². The van der Waals surface area contributed by atoms with Crippen LogP contribution in [0.15, 0.2) is 23.4 Å². The van der Waals surface area contributed by atoms with E-state index in [1.807, 2.05) is 0 Å². The van der Waals surface area contributed by atoms with E-state index in [-0.39, 0.29) is 16.0 Å². The second-order valence-corrected chi connectivity index (χ2v) is 6.66. The van der Waals surface area contributed by atoms with E-state index in [9.17, 15) is 8.42 Å². The SMILES string of the molecule is NC[C@H]1CCCN(S(=O)(=O)c2ncccc2Cl)C1. The van der Waals surface area contributed by atoms with E-state index in [1.54, 1.807) is 6.07 Å². The third-order valence-electron chi connectivity index (χ3n) is 3.12. The highest BCUT2D eigenvalue weighted by atomic mass is 35.5. The summed E-state index contributed by atoms with van der Waals surface area (Å²) in [4.78, 5) is 3.88. The number of nitrogens with zero attached hydrogens (tertiary/aromatic N) is 2. The van der Waals surface area contributed by atoms with Crippen LogP contribution in [-0.2, 0) is 10.0 Å². The molecule has 0 aromatic carbocycles. The molecular weight excluding hydrogens is 274 g/mol. The number of hydrogen-bond acceptors (Lipinski definition) is 4. The van der Waals surface area contributed by atoms with Crippen molar-refractivity contribution in [1.29, 1.82) is 0 Å². The molecule has 1 aromatic rings. The van der Waals surface area contributed by atoms with Crippen LogP contribution in [0, 0.1) is 5.92 Å². The molecule has 0 saturated carbocycles. The summed E-state index contributed by atoms with van der Waals surface area (Å²) in [7, 11) is -3.60. The summed E-state index contributed by atoms with van der Waals surface area (Å²) < 4.78 is 26.2. The van der Waals surface area contributed by atoms with Crippen molar-refractivity contribution in [2.45, 2.75) is 17.9 Å². The number of hydrogen-bond donors (Lipinski definition) is 1. The van der Waals surface area contributed by atoms with Gasteiger partial charge in [-0.1, -0.05) is 11.6 Å². The first-order chi connectivity index (χ1) is 8.55. The first-order valence-corrected chi connectivity index (χ1v) is 7.68. The molecule has 5 nitrogen and oxygen atoms in total. The molecule has 0 aliphatic carbocycles.